The maximum atomic E-state index is 14.4. The van der Waals surface area contributed by atoms with E-state index in [9.17, 15) is 23.2 Å². The fraction of sp³-hybridized carbons (Fsp3) is 0.355. The lowest BCUT2D eigenvalue weighted by Crippen LogP contribution is -2.45. The zero-order valence-corrected chi connectivity index (χ0v) is 24.1. The van der Waals surface area contributed by atoms with E-state index < -0.39 is 23.8 Å². The van der Waals surface area contributed by atoms with E-state index in [4.69, 9.17) is 16.3 Å². The molecule has 0 radical (unpaired) electrons. The number of halogens is 3. The van der Waals surface area contributed by atoms with E-state index in [1.165, 1.54) is 48.2 Å². The quantitative estimate of drug-likeness (QED) is 0.347. The summed E-state index contributed by atoms with van der Waals surface area (Å²) in [6.07, 6.45) is 2.14. The van der Waals surface area contributed by atoms with Crippen LogP contribution in [0.3, 0.4) is 0 Å². The summed E-state index contributed by atoms with van der Waals surface area (Å²) in [5.41, 5.74) is 1.17. The van der Waals surface area contributed by atoms with Crippen LogP contribution in [-0.2, 0) is 4.79 Å². The summed E-state index contributed by atoms with van der Waals surface area (Å²) in [5.74, 6) is -0.736. The summed E-state index contributed by atoms with van der Waals surface area (Å²) in [7, 11) is 1.58. The number of likely N-dealkylation sites (tertiary alicyclic amines) is 1. The average molecular weight is 597 g/mol. The first kappa shape index (κ1) is 29.4. The molecule has 2 saturated heterocycles. The van der Waals surface area contributed by atoms with Crippen molar-refractivity contribution >= 4 is 35.2 Å². The van der Waals surface area contributed by atoms with Gasteiger partial charge in [-0.15, -0.1) is 0 Å². The van der Waals surface area contributed by atoms with Gasteiger partial charge in [-0.1, -0.05) is 17.7 Å². The average Bonchev–Trinajstić information content (AvgIpc) is 3.44. The molecule has 11 heteroatoms. The van der Waals surface area contributed by atoms with Crippen LogP contribution in [0.4, 0.5) is 19.4 Å². The van der Waals surface area contributed by atoms with E-state index in [-0.39, 0.29) is 40.8 Å². The minimum Gasteiger partial charge on any atom is -0.410 e. The normalized spacial score (nSPS) is 19.1. The summed E-state index contributed by atoms with van der Waals surface area (Å²) < 4.78 is 33.2. The van der Waals surface area contributed by atoms with Crippen LogP contribution in [-0.4, -0.2) is 71.8 Å². The highest BCUT2D eigenvalue weighted by molar-refractivity contribution is 6.30. The molecule has 2 aliphatic rings. The number of likely N-dealkylation sites (N-methyl/N-ethyl adjacent to an activating group) is 1. The second kappa shape index (κ2) is 12.4. The van der Waals surface area contributed by atoms with Crippen molar-refractivity contribution in [1.29, 1.82) is 0 Å². The van der Waals surface area contributed by atoms with Gasteiger partial charge >= 0.3 is 6.09 Å². The van der Waals surface area contributed by atoms with Gasteiger partial charge in [0, 0.05) is 56.8 Å². The van der Waals surface area contributed by atoms with E-state index in [0.29, 0.717) is 43.6 Å². The molecule has 2 fully saturated rings. The number of hydrogen-bond acceptors (Lipinski definition) is 6. The first-order chi connectivity index (χ1) is 20.1. The number of carbonyl (C=O) groups excluding carboxylic acids is 3. The summed E-state index contributed by atoms with van der Waals surface area (Å²) in [4.78, 5) is 48.0. The minimum absolute atomic E-state index is 0.0116. The molecule has 0 bridgehead atoms. The number of amides is 2. The second-order valence-electron chi connectivity index (χ2n) is 10.7. The number of aromatic nitrogens is 1. The van der Waals surface area contributed by atoms with Gasteiger partial charge in [-0.05, 0) is 73.9 Å². The third-order valence-electron chi connectivity index (χ3n) is 8.10. The highest BCUT2D eigenvalue weighted by atomic mass is 35.5. The third-order valence-corrected chi connectivity index (χ3v) is 8.41. The number of rotatable bonds is 6. The zero-order chi connectivity index (χ0) is 30.0. The molecule has 2 atom stereocenters. The Kier molecular flexibility index (Phi) is 8.72. The van der Waals surface area contributed by atoms with E-state index >= 15 is 0 Å². The van der Waals surface area contributed by atoms with E-state index in [2.05, 4.69) is 9.88 Å². The SMILES string of the molecule is CC(=O)c1ccc(N2CCC(C(=O)N3CC(c4ccc(Cl)c(F)c4)C(N(C)C(=O)Oc4ccc(F)cc4)C3)CC2)nc1. The number of ketones is 1. The van der Waals surface area contributed by atoms with Gasteiger partial charge in [-0.3, -0.25) is 9.59 Å². The van der Waals surface area contributed by atoms with E-state index in [1.54, 1.807) is 30.3 Å². The molecule has 8 nitrogen and oxygen atoms in total. The number of pyridine rings is 1. The Labute approximate surface area is 247 Å². The van der Waals surface area contributed by atoms with Crippen molar-refractivity contribution < 1.29 is 27.9 Å². The van der Waals surface area contributed by atoms with Gasteiger partial charge in [-0.2, -0.15) is 0 Å². The maximum absolute atomic E-state index is 14.4. The molecule has 3 aromatic rings. The van der Waals surface area contributed by atoms with Crippen molar-refractivity contribution in [3.63, 3.8) is 0 Å². The molecule has 0 spiro atoms. The highest BCUT2D eigenvalue weighted by Gasteiger charge is 2.42. The predicted molar refractivity (Wildman–Crippen MR) is 154 cm³/mol. The van der Waals surface area contributed by atoms with Crippen LogP contribution in [0.1, 0.15) is 41.6 Å². The van der Waals surface area contributed by atoms with Gasteiger partial charge < -0.3 is 19.4 Å². The van der Waals surface area contributed by atoms with Crippen molar-refractivity contribution in [2.24, 2.45) is 5.92 Å². The van der Waals surface area contributed by atoms with Crippen LogP contribution < -0.4 is 9.64 Å². The van der Waals surface area contributed by atoms with Crippen LogP contribution in [0.2, 0.25) is 5.02 Å². The van der Waals surface area contributed by atoms with Crippen molar-refractivity contribution in [2.45, 2.75) is 31.7 Å². The minimum atomic E-state index is -0.669. The lowest BCUT2D eigenvalue weighted by molar-refractivity contribution is -0.135. The summed E-state index contributed by atoms with van der Waals surface area (Å²) >= 11 is 5.92. The number of benzene rings is 2. The van der Waals surface area contributed by atoms with Crippen LogP contribution in [0.5, 0.6) is 5.75 Å². The summed E-state index contributed by atoms with van der Waals surface area (Å²) in [6.45, 7) is 3.31. The smallest absolute Gasteiger partial charge is 0.410 e. The van der Waals surface area contributed by atoms with Crippen LogP contribution in [0.25, 0.3) is 0 Å². The van der Waals surface area contributed by atoms with Gasteiger partial charge in [0.25, 0.3) is 0 Å². The second-order valence-corrected chi connectivity index (χ2v) is 11.2. The predicted octanol–water partition coefficient (Wildman–Crippen LogP) is 5.56. The van der Waals surface area contributed by atoms with Crippen LogP contribution in [0, 0.1) is 17.6 Å². The number of nitrogens with zero attached hydrogens (tertiary/aromatic N) is 4. The molecule has 0 saturated carbocycles. The van der Waals surface area contributed by atoms with Gasteiger partial charge in [0.05, 0.1) is 11.1 Å². The number of Topliss-reactive ketones (excluding diaryl/α,β-unsaturated/α-hetero) is 1. The first-order valence-electron chi connectivity index (χ1n) is 13.8. The molecule has 0 N–H and O–H groups in total. The van der Waals surface area contributed by atoms with Crippen molar-refractivity contribution in [3.05, 3.63) is 88.6 Å². The number of carbonyl (C=O) groups is 3. The van der Waals surface area contributed by atoms with Crippen LogP contribution >= 0.6 is 11.6 Å². The van der Waals surface area contributed by atoms with Crippen molar-refractivity contribution in [1.82, 2.24) is 14.8 Å². The van der Waals surface area contributed by atoms with Crippen LogP contribution in [0.15, 0.2) is 60.8 Å². The Morgan fingerprint density at radius 3 is 2.33 bits per heavy atom. The Bertz CT molecular complexity index is 1460. The summed E-state index contributed by atoms with van der Waals surface area (Å²) in [6, 6.07) is 12.7. The molecule has 42 heavy (non-hydrogen) atoms. The Balaban J connectivity index is 1.28. The molecule has 220 valence electrons. The summed E-state index contributed by atoms with van der Waals surface area (Å²) in [5, 5.41) is -0.0116. The number of ether oxygens (including phenoxy) is 1. The number of hydrogen-bond donors (Lipinski definition) is 0. The van der Waals surface area contributed by atoms with Gasteiger partial charge in [0.15, 0.2) is 5.78 Å². The molecule has 2 unspecified atom stereocenters. The Morgan fingerprint density at radius 2 is 1.71 bits per heavy atom. The lowest BCUT2D eigenvalue weighted by atomic mass is 9.93. The molecule has 2 amide bonds. The van der Waals surface area contributed by atoms with E-state index in [0.717, 1.165) is 5.82 Å². The van der Waals surface area contributed by atoms with E-state index in [1.807, 2.05) is 6.07 Å². The molecule has 2 aliphatic heterocycles. The van der Waals surface area contributed by atoms with Crippen molar-refractivity contribution in [2.75, 3.05) is 38.1 Å². The molecular weight excluding hydrogens is 566 g/mol. The fourth-order valence-corrected chi connectivity index (χ4v) is 5.75. The highest BCUT2D eigenvalue weighted by Crippen LogP contribution is 2.35. The Morgan fingerprint density at radius 1 is 1.00 bits per heavy atom. The Hall–Kier alpha value is -4.05. The largest absolute Gasteiger partial charge is 0.415 e. The van der Waals surface area contributed by atoms with Gasteiger partial charge in [0.2, 0.25) is 5.91 Å². The lowest BCUT2D eigenvalue weighted by Gasteiger charge is -2.34. The number of piperidine rings is 1. The molecule has 5 rings (SSSR count). The third kappa shape index (κ3) is 6.38. The maximum Gasteiger partial charge on any atom is 0.415 e. The fourth-order valence-electron chi connectivity index (χ4n) is 5.64. The number of anilines is 1. The molecule has 0 aliphatic carbocycles. The molecule has 3 heterocycles. The van der Waals surface area contributed by atoms with Gasteiger partial charge in [0.1, 0.15) is 23.2 Å². The molecule has 1 aromatic heterocycles. The zero-order valence-electron chi connectivity index (χ0n) is 23.3. The molecular formula is C31H31ClF2N4O4. The van der Waals surface area contributed by atoms with Gasteiger partial charge in [-0.25, -0.2) is 18.6 Å². The standard InChI is InChI=1S/C31H31ClF2N4O4/c1-19(39)22-4-10-29(35-16-22)37-13-11-20(12-14-37)30(40)38-17-25(21-3-9-26(32)27(34)15-21)28(18-38)36(2)31(41)42-24-7-5-23(33)6-8-24/h3-10,15-16,20,25,28H,11-14,17-18H2,1-2H3. The topological polar surface area (TPSA) is 83.1 Å². The first-order valence-corrected chi connectivity index (χ1v) is 14.1. The van der Waals surface area contributed by atoms with Crippen molar-refractivity contribution in [3.8, 4) is 5.75 Å². The monoisotopic (exact) mass is 596 g/mol. The molecule has 2 aromatic carbocycles.